The molecule has 0 spiro atoms. The maximum Gasteiger partial charge on any atom is 0.245 e. The fourth-order valence-electron chi connectivity index (χ4n) is 0.994. The van der Waals surface area contributed by atoms with Gasteiger partial charge in [-0.15, -0.1) is 0 Å². The number of nitrogens with two attached hydrogens (primary N) is 1. The summed E-state index contributed by atoms with van der Waals surface area (Å²) in [6.07, 6.45) is 3.29. The van der Waals surface area contributed by atoms with Crippen LogP contribution in [-0.2, 0) is 10.0 Å². The molecule has 80 valence electrons. The Kier molecular flexibility index (Phi) is 3.62. The minimum atomic E-state index is -3.38. The van der Waals surface area contributed by atoms with Crippen molar-refractivity contribution in [2.75, 3.05) is 20.1 Å². The lowest BCUT2D eigenvalue weighted by atomic mass is 10.4. The van der Waals surface area contributed by atoms with Crippen LogP contribution >= 0.6 is 0 Å². The number of nitrogens with one attached hydrogen (secondary N) is 1. The van der Waals surface area contributed by atoms with Gasteiger partial charge < -0.3 is 5.73 Å². The second-order valence-corrected chi connectivity index (χ2v) is 4.95. The van der Waals surface area contributed by atoms with Crippen molar-refractivity contribution in [2.45, 2.75) is 11.3 Å². The van der Waals surface area contributed by atoms with Crippen LogP contribution in [-0.4, -0.2) is 43.1 Å². The molecule has 1 heterocycles. The van der Waals surface area contributed by atoms with Gasteiger partial charge in [-0.1, -0.05) is 0 Å². The molecule has 0 bridgehead atoms. The van der Waals surface area contributed by atoms with Crippen molar-refractivity contribution in [3.05, 3.63) is 12.4 Å². The van der Waals surface area contributed by atoms with E-state index >= 15 is 0 Å². The van der Waals surface area contributed by atoms with E-state index in [2.05, 4.69) is 10.2 Å². The molecule has 0 saturated carbocycles. The first-order chi connectivity index (χ1) is 6.59. The quantitative estimate of drug-likeness (QED) is 0.689. The van der Waals surface area contributed by atoms with E-state index in [9.17, 15) is 8.42 Å². The molecule has 0 saturated heterocycles. The van der Waals surface area contributed by atoms with E-state index in [4.69, 9.17) is 5.73 Å². The monoisotopic (exact) mass is 218 g/mol. The molecule has 0 radical (unpaired) electrons. The highest BCUT2D eigenvalue weighted by molar-refractivity contribution is 7.89. The second kappa shape index (κ2) is 4.54. The fourth-order valence-corrected chi connectivity index (χ4v) is 2.11. The van der Waals surface area contributed by atoms with Gasteiger partial charge in [0, 0.05) is 19.8 Å². The number of H-pyrrole nitrogens is 1. The summed E-state index contributed by atoms with van der Waals surface area (Å²) in [5, 5.41) is 6.06. The van der Waals surface area contributed by atoms with Crippen LogP contribution in [0.25, 0.3) is 0 Å². The molecular weight excluding hydrogens is 204 g/mol. The number of rotatable bonds is 5. The van der Waals surface area contributed by atoms with Crippen molar-refractivity contribution in [3.8, 4) is 0 Å². The summed E-state index contributed by atoms with van der Waals surface area (Å²) < 4.78 is 24.7. The van der Waals surface area contributed by atoms with Gasteiger partial charge >= 0.3 is 0 Å². The Balaban J connectivity index is 2.76. The van der Waals surface area contributed by atoms with Gasteiger partial charge in [0.2, 0.25) is 10.0 Å². The van der Waals surface area contributed by atoms with Crippen molar-refractivity contribution >= 4 is 10.0 Å². The summed E-state index contributed by atoms with van der Waals surface area (Å²) in [6, 6.07) is 0. The highest BCUT2D eigenvalue weighted by Crippen LogP contribution is 2.11. The highest BCUT2D eigenvalue weighted by Gasteiger charge is 2.20. The van der Waals surface area contributed by atoms with E-state index in [1.54, 1.807) is 0 Å². The van der Waals surface area contributed by atoms with Gasteiger partial charge in [-0.25, -0.2) is 12.7 Å². The molecule has 0 fully saturated rings. The van der Waals surface area contributed by atoms with Gasteiger partial charge in [0.15, 0.2) is 0 Å². The van der Waals surface area contributed by atoms with Crippen molar-refractivity contribution < 1.29 is 8.42 Å². The van der Waals surface area contributed by atoms with Crippen molar-refractivity contribution in [3.63, 3.8) is 0 Å². The van der Waals surface area contributed by atoms with Gasteiger partial charge in [-0.05, 0) is 13.0 Å². The zero-order chi connectivity index (χ0) is 10.6. The lowest BCUT2D eigenvalue weighted by Crippen LogP contribution is -2.28. The highest BCUT2D eigenvalue weighted by atomic mass is 32.2. The molecule has 7 heteroatoms. The van der Waals surface area contributed by atoms with Crippen molar-refractivity contribution in [1.82, 2.24) is 14.5 Å². The van der Waals surface area contributed by atoms with E-state index in [1.807, 2.05) is 0 Å². The van der Waals surface area contributed by atoms with Crippen LogP contribution in [0.3, 0.4) is 0 Å². The maximum absolute atomic E-state index is 11.7. The maximum atomic E-state index is 11.7. The summed E-state index contributed by atoms with van der Waals surface area (Å²) in [5.74, 6) is 0. The van der Waals surface area contributed by atoms with Crippen LogP contribution in [0.5, 0.6) is 0 Å². The van der Waals surface area contributed by atoms with Gasteiger partial charge in [-0.3, -0.25) is 5.10 Å². The first kappa shape index (κ1) is 11.2. The number of aromatic nitrogens is 2. The molecule has 0 aliphatic heterocycles. The van der Waals surface area contributed by atoms with Crippen LogP contribution in [0.1, 0.15) is 6.42 Å². The molecule has 0 unspecified atom stereocenters. The fraction of sp³-hybridized carbons (Fsp3) is 0.571. The number of nitrogens with zero attached hydrogens (tertiary/aromatic N) is 2. The molecule has 0 aliphatic carbocycles. The molecule has 0 aliphatic rings. The van der Waals surface area contributed by atoms with Gasteiger partial charge in [-0.2, -0.15) is 5.10 Å². The van der Waals surface area contributed by atoms with Crippen LogP contribution in [0, 0.1) is 0 Å². The minimum absolute atomic E-state index is 0.178. The van der Waals surface area contributed by atoms with Gasteiger partial charge in [0.25, 0.3) is 0 Å². The van der Waals surface area contributed by atoms with Crippen LogP contribution < -0.4 is 5.73 Å². The number of aromatic amines is 1. The molecule has 6 nitrogen and oxygen atoms in total. The van der Waals surface area contributed by atoms with E-state index in [0.29, 0.717) is 19.5 Å². The molecule has 0 atom stereocenters. The summed E-state index contributed by atoms with van der Waals surface area (Å²) >= 11 is 0. The van der Waals surface area contributed by atoms with Gasteiger partial charge in [0.1, 0.15) is 4.90 Å². The van der Waals surface area contributed by atoms with E-state index in [1.165, 1.54) is 23.7 Å². The molecule has 0 amide bonds. The lowest BCUT2D eigenvalue weighted by molar-refractivity contribution is 0.464. The standard InChI is InChI=1S/C7H14N4O2S/c1-11(4-2-3-8)14(12,13)7-5-9-10-6-7/h5-6H,2-4,8H2,1H3,(H,9,10). The van der Waals surface area contributed by atoms with Crippen LogP contribution in [0.4, 0.5) is 0 Å². The Morgan fingerprint density at radius 1 is 1.64 bits per heavy atom. The number of sulfonamides is 1. The molecule has 1 rings (SSSR count). The Labute approximate surface area is 83.1 Å². The Hall–Kier alpha value is -0.920. The normalized spacial score (nSPS) is 12.2. The molecule has 1 aromatic heterocycles. The molecule has 1 aromatic rings. The second-order valence-electron chi connectivity index (χ2n) is 2.90. The first-order valence-corrected chi connectivity index (χ1v) is 5.68. The summed E-state index contributed by atoms with van der Waals surface area (Å²) in [7, 11) is -1.86. The average Bonchev–Trinajstić information content (AvgIpc) is 2.67. The first-order valence-electron chi connectivity index (χ1n) is 4.24. The predicted octanol–water partition coefficient (Wildman–Crippen LogP) is -0.621. The molecule has 3 N–H and O–H groups in total. The minimum Gasteiger partial charge on any atom is -0.330 e. The van der Waals surface area contributed by atoms with Crippen molar-refractivity contribution in [2.24, 2.45) is 5.73 Å². The lowest BCUT2D eigenvalue weighted by Gasteiger charge is -2.14. The Bertz CT molecular complexity index is 359. The zero-order valence-corrected chi connectivity index (χ0v) is 8.79. The van der Waals surface area contributed by atoms with Gasteiger partial charge in [0.05, 0.1) is 6.20 Å². The summed E-state index contributed by atoms with van der Waals surface area (Å²) in [4.78, 5) is 0.178. The third-order valence-electron chi connectivity index (χ3n) is 1.86. The van der Waals surface area contributed by atoms with Crippen LogP contribution in [0.15, 0.2) is 17.3 Å². The number of hydrogen-bond donors (Lipinski definition) is 2. The summed E-state index contributed by atoms with van der Waals surface area (Å²) in [6.45, 7) is 0.898. The predicted molar refractivity (Wildman–Crippen MR) is 52.1 cm³/mol. The Morgan fingerprint density at radius 2 is 2.36 bits per heavy atom. The number of hydrogen-bond acceptors (Lipinski definition) is 4. The van der Waals surface area contributed by atoms with Crippen molar-refractivity contribution in [1.29, 1.82) is 0 Å². The topological polar surface area (TPSA) is 92.1 Å². The Morgan fingerprint density at radius 3 is 2.86 bits per heavy atom. The molecule has 0 aromatic carbocycles. The smallest absolute Gasteiger partial charge is 0.245 e. The molecule has 14 heavy (non-hydrogen) atoms. The largest absolute Gasteiger partial charge is 0.330 e. The third kappa shape index (κ3) is 2.31. The molecular formula is C7H14N4O2S. The zero-order valence-electron chi connectivity index (χ0n) is 7.97. The summed E-state index contributed by atoms with van der Waals surface area (Å²) in [5.41, 5.74) is 5.30. The average molecular weight is 218 g/mol. The van der Waals surface area contributed by atoms with E-state index in [0.717, 1.165) is 0 Å². The van der Waals surface area contributed by atoms with E-state index < -0.39 is 10.0 Å². The van der Waals surface area contributed by atoms with E-state index in [-0.39, 0.29) is 4.90 Å². The third-order valence-corrected chi connectivity index (χ3v) is 3.68. The SMILES string of the molecule is CN(CCCN)S(=O)(=O)c1cn[nH]c1. The van der Waals surface area contributed by atoms with Crippen LogP contribution in [0.2, 0.25) is 0 Å².